The van der Waals surface area contributed by atoms with E-state index in [1.807, 2.05) is 37.3 Å². The molecule has 24 heavy (non-hydrogen) atoms. The van der Waals surface area contributed by atoms with Crippen LogP contribution in [-0.2, 0) is 11.2 Å². The molecule has 3 aromatic rings. The van der Waals surface area contributed by atoms with Gasteiger partial charge in [-0.3, -0.25) is 4.79 Å². The second-order valence-electron chi connectivity index (χ2n) is 5.80. The second-order valence-corrected chi connectivity index (χ2v) is 7.21. The summed E-state index contributed by atoms with van der Waals surface area (Å²) < 4.78 is 0. The van der Waals surface area contributed by atoms with E-state index in [1.54, 1.807) is 11.8 Å². The third kappa shape index (κ3) is 4.39. The van der Waals surface area contributed by atoms with Gasteiger partial charge in [-0.25, -0.2) is 0 Å². The van der Waals surface area contributed by atoms with Crippen molar-refractivity contribution in [3.63, 3.8) is 0 Å². The summed E-state index contributed by atoms with van der Waals surface area (Å²) in [6.45, 7) is 2.63. The molecule has 0 saturated heterocycles. The Kier molecular flexibility index (Phi) is 5.55. The van der Waals surface area contributed by atoms with E-state index in [1.165, 1.54) is 16.3 Å². The maximum Gasteiger partial charge on any atom is 0.233 e. The van der Waals surface area contributed by atoms with Crippen LogP contribution in [-0.4, -0.2) is 17.7 Å². The van der Waals surface area contributed by atoms with Crippen molar-refractivity contribution in [1.82, 2.24) is 5.32 Å². The molecule has 0 aromatic heterocycles. The zero-order valence-electron chi connectivity index (χ0n) is 13.7. The fourth-order valence-electron chi connectivity index (χ4n) is 2.62. The molecule has 0 aliphatic rings. The van der Waals surface area contributed by atoms with E-state index in [2.05, 4.69) is 47.8 Å². The molecule has 122 valence electrons. The predicted molar refractivity (Wildman–Crippen MR) is 102 cm³/mol. The lowest BCUT2D eigenvalue weighted by Crippen LogP contribution is -2.32. The maximum absolute atomic E-state index is 12.3. The highest BCUT2D eigenvalue weighted by Gasteiger charge is 2.14. The fourth-order valence-corrected chi connectivity index (χ4v) is 3.56. The number of fused-ring (bicyclic) bond motifs is 1. The Morgan fingerprint density at radius 3 is 2.46 bits per heavy atom. The van der Waals surface area contributed by atoms with Crippen LogP contribution in [0.1, 0.15) is 12.5 Å². The van der Waals surface area contributed by atoms with Crippen molar-refractivity contribution in [2.45, 2.75) is 23.5 Å². The quantitative estimate of drug-likeness (QED) is 0.663. The monoisotopic (exact) mass is 335 g/mol. The average Bonchev–Trinajstić information content (AvgIpc) is 2.62. The molecule has 3 heteroatoms. The van der Waals surface area contributed by atoms with Crippen LogP contribution in [0.5, 0.6) is 0 Å². The van der Waals surface area contributed by atoms with Crippen molar-refractivity contribution in [2.75, 3.05) is 6.54 Å². The molecule has 0 radical (unpaired) electrons. The lowest BCUT2D eigenvalue weighted by atomic mass is 10.1. The second kappa shape index (κ2) is 8.02. The molecule has 1 atom stereocenters. The highest BCUT2D eigenvalue weighted by atomic mass is 32.2. The Morgan fingerprint density at radius 2 is 1.67 bits per heavy atom. The van der Waals surface area contributed by atoms with Gasteiger partial charge in [-0.15, -0.1) is 11.8 Å². The molecule has 0 unspecified atom stereocenters. The minimum atomic E-state index is -0.109. The van der Waals surface area contributed by atoms with Gasteiger partial charge in [0.2, 0.25) is 5.91 Å². The lowest BCUT2D eigenvalue weighted by molar-refractivity contribution is -0.120. The van der Waals surface area contributed by atoms with Crippen LogP contribution >= 0.6 is 11.8 Å². The fraction of sp³-hybridized carbons (Fsp3) is 0.190. The zero-order valence-corrected chi connectivity index (χ0v) is 14.6. The van der Waals surface area contributed by atoms with E-state index in [0.717, 1.165) is 11.3 Å². The minimum absolute atomic E-state index is 0.0871. The third-order valence-corrected chi connectivity index (χ3v) is 5.05. The first-order valence-electron chi connectivity index (χ1n) is 8.19. The van der Waals surface area contributed by atoms with Crippen molar-refractivity contribution >= 4 is 28.4 Å². The van der Waals surface area contributed by atoms with E-state index in [-0.39, 0.29) is 11.2 Å². The molecule has 3 rings (SSSR count). The molecular formula is C21H21NOS. The molecule has 0 saturated carbocycles. The van der Waals surface area contributed by atoms with Gasteiger partial charge in [0.1, 0.15) is 0 Å². The van der Waals surface area contributed by atoms with Crippen LogP contribution in [0, 0.1) is 0 Å². The summed E-state index contributed by atoms with van der Waals surface area (Å²) in [7, 11) is 0. The Morgan fingerprint density at radius 1 is 0.958 bits per heavy atom. The van der Waals surface area contributed by atoms with Crippen molar-refractivity contribution in [3.8, 4) is 0 Å². The van der Waals surface area contributed by atoms with Gasteiger partial charge in [0.15, 0.2) is 0 Å². The minimum Gasteiger partial charge on any atom is -0.355 e. The van der Waals surface area contributed by atoms with E-state index >= 15 is 0 Å². The maximum atomic E-state index is 12.3. The molecule has 0 fully saturated rings. The van der Waals surface area contributed by atoms with Gasteiger partial charge in [-0.2, -0.15) is 0 Å². The smallest absolute Gasteiger partial charge is 0.233 e. The largest absolute Gasteiger partial charge is 0.355 e. The molecule has 0 aliphatic heterocycles. The summed E-state index contributed by atoms with van der Waals surface area (Å²) in [5, 5.41) is 5.35. The van der Waals surface area contributed by atoms with Crippen molar-refractivity contribution in [1.29, 1.82) is 0 Å². The number of carbonyl (C=O) groups is 1. The lowest BCUT2D eigenvalue weighted by Gasteiger charge is -2.12. The van der Waals surface area contributed by atoms with Crippen molar-refractivity contribution in [2.24, 2.45) is 0 Å². The Labute approximate surface area is 147 Å². The highest BCUT2D eigenvalue weighted by Crippen LogP contribution is 2.27. The summed E-state index contributed by atoms with van der Waals surface area (Å²) in [5.74, 6) is 0.0871. The Hall–Kier alpha value is -2.26. The van der Waals surface area contributed by atoms with Gasteiger partial charge >= 0.3 is 0 Å². The third-order valence-electron chi connectivity index (χ3n) is 3.96. The number of amides is 1. The number of rotatable bonds is 6. The van der Waals surface area contributed by atoms with Crippen LogP contribution in [0.4, 0.5) is 0 Å². The van der Waals surface area contributed by atoms with Crippen LogP contribution in [0.2, 0.25) is 0 Å². The Balaban J connectivity index is 1.53. The molecule has 1 amide bonds. The molecule has 2 nitrogen and oxygen atoms in total. The van der Waals surface area contributed by atoms with Gasteiger partial charge < -0.3 is 5.32 Å². The van der Waals surface area contributed by atoms with Gasteiger partial charge in [-0.05, 0) is 41.8 Å². The average molecular weight is 335 g/mol. The van der Waals surface area contributed by atoms with E-state index in [9.17, 15) is 4.79 Å². The Bertz CT molecular complexity index is 816. The SMILES string of the molecule is C[C@@H](Sc1ccc2ccccc2c1)C(=O)NCCc1ccccc1. The molecule has 0 spiro atoms. The van der Waals surface area contributed by atoms with Gasteiger partial charge in [-0.1, -0.05) is 60.7 Å². The standard InChI is InChI=1S/C21H21NOS/c1-16(21(23)22-14-13-17-7-3-2-4-8-17)24-20-12-11-18-9-5-6-10-19(18)15-20/h2-12,15-16H,13-14H2,1H3,(H,22,23)/t16-/m1/s1. The van der Waals surface area contributed by atoms with Crippen LogP contribution in [0.25, 0.3) is 10.8 Å². The van der Waals surface area contributed by atoms with Crippen LogP contribution < -0.4 is 5.32 Å². The summed E-state index contributed by atoms with van der Waals surface area (Å²) in [6.07, 6.45) is 0.861. The molecule has 0 heterocycles. The van der Waals surface area contributed by atoms with E-state index < -0.39 is 0 Å². The summed E-state index contributed by atoms with van der Waals surface area (Å²) in [5.41, 5.74) is 1.24. The van der Waals surface area contributed by atoms with Gasteiger partial charge in [0.05, 0.1) is 5.25 Å². The highest BCUT2D eigenvalue weighted by molar-refractivity contribution is 8.00. The first-order valence-corrected chi connectivity index (χ1v) is 9.07. The summed E-state index contributed by atoms with van der Waals surface area (Å²) in [6, 6.07) is 24.8. The van der Waals surface area contributed by atoms with E-state index in [0.29, 0.717) is 6.54 Å². The summed E-state index contributed by atoms with van der Waals surface area (Å²) >= 11 is 1.60. The zero-order chi connectivity index (χ0) is 16.8. The number of thioether (sulfide) groups is 1. The number of carbonyl (C=O) groups excluding carboxylic acids is 1. The van der Waals surface area contributed by atoms with E-state index in [4.69, 9.17) is 0 Å². The van der Waals surface area contributed by atoms with Crippen molar-refractivity contribution in [3.05, 3.63) is 78.4 Å². The summed E-state index contributed by atoms with van der Waals surface area (Å²) in [4.78, 5) is 13.4. The number of hydrogen-bond acceptors (Lipinski definition) is 2. The molecule has 0 bridgehead atoms. The molecule has 1 N–H and O–H groups in total. The topological polar surface area (TPSA) is 29.1 Å². The van der Waals surface area contributed by atoms with Crippen LogP contribution in [0.15, 0.2) is 77.7 Å². The van der Waals surface area contributed by atoms with Gasteiger partial charge in [0, 0.05) is 11.4 Å². The molecule has 3 aromatic carbocycles. The molecular weight excluding hydrogens is 314 g/mol. The number of benzene rings is 3. The first kappa shape index (κ1) is 16.6. The predicted octanol–water partition coefficient (Wildman–Crippen LogP) is 4.68. The molecule has 0 aliphatic carbocycles. The van der Waals surface area contributed by atoms with Crippen LogP contribution in [0.3, 0.4) is 0 Å². The first-order chi connectivity index (χ1) is 11.7. The van der Waals surface area contributed by atoms with Gasteiger partial charge in [0.25, 0.3) is 0 Å². The normalized spacial score (nSPS) is 12.0. The number of hydrogen-bond donors (Lipinski definition) is 1. The van der Waals surface area contributed by atoms with Crippen molar-refractivity contribution < 1.29 is 4.79 Å². The number of nitrogens with one attached hydrogen (secondary N) is 1.